The molecule has 1 aliphatic heterocycles. The number of piperazine rings is 1. The van der Waals surface area contributed by atoms with Crippen LogP contribution < -0.4 is 76.9 Å². The summed E-state index contributed by atoms with van der Waals surface area (Å²) in [6, 6.07) is 20.4. The largest absolute Gasteiger partial charge is 0.370 e. The Hall–Kier alpha value is -7.66. The minimum absolute atomic E-state index is 0.0412. The second-order valence-corrected chi connectivity index (χ2v) is 14.9. The van der Waals surface area contributed by atoms with E-state index in [1.54, 1.807) is 0 Å². The van der Waals surface area contributed by atoms with Crippen molar-refractivity contribution < 1.29 is 0 Å². The molecule has 24 heteroatoms. The Morgan fingerprint density at radius 2 is 0.719 bits per heavy atom. The monoisotopic (exact) mass is 881 g/mol. The van der Waals surface area contributed by atoms with E-state index in [0.717, 1.165) is 11.1 Å². The van der Waals surface area contributed by atoms with Crippen LogP contribution in [-0.2, 0) is 12.8 Å². The first-order chi connectivity index (χ1) is 31.0. The number of nitrogens with two attached hydrogens (primary N) is 8. The van der Waals surface area contributed by atoms with Gasteiger partial charge in [-0.25, -0.2) is 0 Å². The normalized spacial score (nSPS) is 14.5. The lowest BCUT2D eigenvalue weighted by atomic mass is 9.96. The van der Waals surface area contributed by atoms with Crippen LogP contribution in [0.3, 0.4) is 0 Å². The molecule has 2 atom stereocenters. The molecule has 0 radical (unpaired) electrons. The maximum Gasteiger partial charge on any atom is 0.232 e. The molecular weight excluding hydrogens is 817 g/mol. The van der Waals surface area contributed by atoms with E-state index in [1.165, 1.54) is 0 Å². The molecule has 1 aliphatic rings. The third kappa shape index (κ3) is 16.7. The molecule has 64 heavy (non-hydrogen) atoms. The van der Waals surface area contributed by atoms with Crippen molar-refractivity contribution in [3.8, 4) is 0 Å². The molecule has 0 amide bonds. The highest BCUT2D eigenvalue weighted by molar-refractivity contribution is 5.76. The van der Waals surface area contributed by atoms with Gasteiger partial charge in [-0.1, -0.05) is 60.7 Å². The van der Waals surface area contributed by atoms with Gasteiger partial charge in [-0.15, -0.1) is 0 Å². The molecule has 2 unspecified atom stereocenters. The van der Waals surface area contributed by atoms with Crippen LogP contribution >= 0.6 is 0 Å². The average Bonchev–Trinajstić information content (AvgIpc) is 3.26. The molecule has 20 N–H and O–H groups in total. The van der Waals surface area contributed by atoms with Gasteiger partial charge in [0.25, 0.3) is 0 Å². The molecule has 1 saturated heterocycles. The Labute approximate surface area is 373 Å². The number of anilines is 6. The first-order valence-corrected chi connectivity index (χ1v) is 21.3. The zero-order chi connectivity index (χ0) is 45.5. The molecule has 0 aliphatic carbocycles. The van der Waals surface area contributed by atoms with Gasteiger partial charge >= 0.3 is 0 Å². The van der Waals surface area contributed by atoms with Crippen LogP contribution in [0.15, 0.2) is 80.6 Å². The predicted octanol–water partition coefficient (Wildman–Crippen LogP) is -1.09. The smallest absolute Gasteiger partial charge is 0.232 e. The second-order valence-electron chi connectivity index (χ2n) is 14.9. The number of guanidine groups is 4. The minimum atomic E-state index is -0.148. The van der Waals surface area contributed by atoms with Gasteiger partial charge in [0.1, 0.15) is 0 Å². The van der Waals surface area contributed by atoms with Crippen molar-refractivity contribution in [3.63, 3.8) is 0 Å². The van der Waals surface area contributed by atoms with Crippen molar-refractivity contribution in [2.45, 2.75) is 50.6 Å². The van der Waals surface area contributed by atoms with E-state index in [-0.39, 0.29) is 35.9 Å². The molecule has 0 bridgehead atoms. The number of nitrogens with zero attached hydrogens (tertiary/aromatic N) is 12. The van der Waals surface area contributed by atoms with E-state index in [1.807, 2.05) is 36.4 Å². The van der Waals surface area contributed by atoms with Crippen molar-refractivity contribution in [1.82, 2.24) is 29.9 Å². The number of hydrogen-bond acceptors (Lipinski definition) is 16. The van der Waals surface area contributed by atoms with Crippen LogP contribution in [0.5, 0.6) is 0 Å². The first kappa shape index (κ1) is 47.4. The summed E-state index contributed by atoms with van der Waals surface area (Å²) in [4.78, 5) is 50.5. The number of benzene rings is 2. The Kier molecular flexibility index (Phi) is 18.7. The van der Waals surface area contributed by atoms with Gasteiger partial charge in [-0.05, 0) is 49.7 Å². The molecule has 1 fully saturated rings. The van der Waals surface area contributed by atoms with Gasteiger partial charge in [-0.3, -0.25) is 20.0 Å². The number of aliphatic imine (C=N–C) groups is 4. The van der Waals surface area contributed by atoms with Crippen LogP contribution in [0.2, 0.25) is 0 Å². The Morgan fingerprint density at radius 1 is 0.438 bits per heavy atom. The molecule has 24 nitrogen and oxygen atoms in total. The van der Waals surface area contributed by atoms with Gasteiger partial charge in [-0.2, -0.15) is 29.9 Å². The van der Waals surface area contributed by atoms with Gasteiger partial charge in [0, 0.05) is 65.4 Å². The molecule has 0 saturated carbocycles. The molecule has 0 spiro atoms. The summed E-state index contributed by atoms with van der Waals surface area (Å²) in [6.45, 7) is 4.93. The molecule has 4 aromatic rings. The van der Waals surface area contributed by atoms with E-state index in [2.05, 4.69) is 75.3 Å². The first-order valence-electron chi connectivity index (χ1n) is 21.3. The number of rotatable bonds is 26. The van der Waals surface area contributed by atoms with E-state index in [4.69, 9.17) is 75.8 Å². The van der Waals surface area contributed by atoms with Crippen molar-refractivity contribution in [2.24, 2.45) is 65.8 Å². The fraction of sp³-hybridized carbons (Fsp3) is 0.450. The van der Waals surface area contributed by atoms with Crippen LogP contribution in [0.4, 0.5) is 35.7 Å². The van der Waals surface area contributed by atoms with Gasteiger partial charge in [0.05, 0.1) is 12.1 Å². The number of nitrogens with one attached hydrogen (secondary N) is 4. The zero-order valence-corrected chi connectivity index (χ0v) is 36.2. The Balaban J connectivity index is 1.54. The third-order valence-corrected chi connectivity index (χ3v) is 9.74. The topological polar surface area (TPSA) is 390 Å². The number of hydrogen-bond donors (Lipinski definition) is 12. The van der Waals surface area contributed by atoms with Crippen LogP contribution in [0.25, 0.3) is 0 Å². The van der Waals surface area contributed by atoms with Crippen LogP contribution in [0, 0.1) is 0 Å². The lowest BCUT2D eigenvalue weighted by molar-refractivity contribution is 0.427. The second kappa shape index (κ2) is 25.3. The summed E-state index contributed by atoms with van der Waals surface area (Å²) in [5.41, 5.74) is 46.7. The fourth-order valence-corrected chi connectivity index (χ4v) is 6.81. The lowest BCUT2D eigenvalue weighted by Gasteiger charge is -2.46. The summed E-state index contributed by atoms with van der Waals surface area (Å²) in [6.07, 6.45) is 3.95. The molecule has 2 aromatic heterocycles. The van der Waals surface area contributed by atoms with Crippen molar-refractivity contribution in [2.75, 3.05) is 96.5 Å². The standard InChI is InChI=1S/C40H64N24/c41-31(42)49-15-7-19-53-35-57-36(54-20-8-16-50-32(43)44)60-39(59-35)63-26-30(24-28-13-5-2-6-14-28)64(25-29(63)23-27-11-3-1-4-12-27)40-61-37(55-21-9-17-51-33(45)46)58-38(62-40)56-22-10-18-52-34(47)48/h1-6,11-14,29-30H,7-10,15-26H2,(H4,41,42,49)(H4,43,44,50)(H4,45,46,51)(H4,47,48,52)(H2,53,54,57,59,60)(H2,55,56,58,61,62). The lowest BCUT2D eigenvalue weighted by Crippen LogP contribution is -2.61. The maximum atomic E-state index is 5.55. The summed E-state index contributed by atoms with van der Waals surface area (Å²) in [7, 11) is 0. The van der Waals surface area contributed by atoms with Gasteiger partial charge in [0.15, 0.2) is 23.8 Å². The fourth-order valence-electron chi connectivity index (χ4n) is 6.81. The van der Waals surface area contributed by atoms with Crippen molar-refractivity contribution in [3.05, 3.63) is 71.8 Å². The zero-order valence-electron chi connectivity index (χ0n) is 36.2. The average molecular weight is 881 g/mol. The summed E-state index contributed by atoms with van der Waals surface area (Å²) >= 11 is 0. The van der Waals surface area contributed by atoms with Gasteiger partial charge in [0.2, 0.25) is 35.7 Å². The van der Waals surface area contributed by atoms with Crippen molar-refractivity contribution in [1.29, 1.82) is 0 Å². The Morgan fingerprint density at radius 3 is 0.984 bits per heavy atom. The number of aromatic nitrogens is 6. The summed E-state index contributed by atoms with van der Waals surface area (Å²) < 4.78 is 0. The molecule has 5 rings (SSSR count). The van der Waals surface area contributed by atoms with Gasteiger partial charge < -0.3 is 76.9 Å². The SMILES string of the molecule is NC(N)=NCCCNc1nc(NCCCN=C(N)N)nc(N2CC(Cc3ccccc3)N(c3nc(NCCCN=C(N)N)nc(NCCCN=C(N)N)n3)CC2Cc2ccccc2)n1. The molecule has 2 aromatic carbocycles. The summed E-state index contributed by atoms with van der Waals surface area (Å²) in [5, 5.41) is 13.4. The maximum absolute atomic E-state index is 5.55. The highest BCUT2D eigenvalue weighted by Gasteiger charge is 2.37. The van der Waals surface area contributed by atoms with E-state index in [0.29, 0.717) is 140 Å². The van der Waals surface area contributed by atoms with E-state index < -0.39 is 0 Å². The molecule has 3 heterocycles. The molecule has 344 valence electrons. The van der Waals surface area contributed by atoms with E-state index >= 15 is 0 Å². The Bertz CT molecular complexity index is 1870. The minimum Gasteiger partial charge on any atom is -0.370 e. The highest BCUT2D eigenvalue weighted by atomic mass is 15.4. The third-order valence-electron chi connectivity index (χ3n) is 9.74. The van der Waals surface area contributed by atoms with Crippen molar-refractivity contribution >= 4 is 59.5 Å². The molecular formula is C40H64N24. The predicted molar refractivity (Wildman–Crippen MR) is 257 cm³/mol. The van der Waals surface area contributed by atoms with Crippen LogP contribution in [-0.4, -0.2) is 131 Å². The quantitative estimate of drug-likeness (QED) is 0.0202. The highest BCUT2D eigenvalue weighted by Crippen LogP contribution is 2.30. The van der Waals surface area contributed by atoms with E-state index in [9.17, 15) is 0 Å². The summed E-state index contributed by atoms with van der Waals surface area (Å²) in [5.74, 6) is 2.81. The van der Waals surface area contributed by atoms with Crippen LogP contribution in [0.1, 0.15) is 36.8 Å².